The molecule has 0 aromatic heterocycles. The van der Waals surface area contributed by atoms with Crippen LogP contribution in [-0.4, -0.2) is 73.5 Å². The zero-order valence-electron chi connectivity index (χ0n) is 14.9. The molecule has 4 fully saturated rings. The molecule has 0 bridgehead atoms. The highest BCUT2D eigenvalue weighted by Crippen LogP contribution is 2.42. The normalized spacial score (nSPS) is 29.7. The largest absolute Gasteiger partial charge is 0.380 e. The van der Waals surface area contributed by atoms with Gasteiger partial charge in [0.2, 0.25) is 0 Å². The van der Waals surface area contributed by atoms with Gasteiger partial charge in [0.05, 0.1) is 25.4 Å². The lowest BCUT2D eigenvalue weighted by Gasteiger charge is -2.38. The molecule has 0 aromatic carbocycles. The van der Waals surface area contributed by atoms with E-state index in [1.165, 1.54) is 38.9 Å². The summed E-state index contributed by atoms with van der Waals surface area (Å²) in [5.41, 5.74) is 0.882. The number of hydrogen-bond donors (Lipinski definition) is 0. The monoisotopic (exact) mass is 310 g/mol. The third-order valence-corrected chi connectivity index (χ3v) is 5.83. The van der Waals surface area contributed by atoms with Crippen molar-refractivity contribution in [2.24, 2.45) is 5.41 Å². The highest BCUT2D eigenvalue weighted by molar-refractivity contribution is 5.00. The number of nitrogens with zero attached hydrogens (tertiary/aromatic N) is 2. The number of rotatable bonds is 2. The molecule has 4 aliphatic rings. The van der Waals surface area contributed by atoms with E-state index in [0.717, 1.165) is 32.4 Å². The quantitative estimate of drug-likeness (QED) is 0.782. The van der Waals surface area contributed by atoms with Crippen LogP contribution in [0.15, 0.2) is 0 Å². The molecule has 3 heterocycles. The summed E-state index contributed by atoms with van der Waals surface area (Å²) in [6, 6.07) is 1.41. The molecule has 4 rings (SSSR count). The smallest absolute Gasteiger partial charge is 0.0811 e. The van der Waals surface area contributed by atoms with Crippen LogP contribution in [0.5, 0.6) is 0 Å². The average molecular weight is 310 g/mol. The maximum atomic E-state index is 5.72. The fourth-order valence-corrected chi connectivity index (χ4v) is 3.79. The molecule has 2 spiro atoms. The Labute approximate surface area is 136 Å². The van der Waals surface area contributed by atoms with Gasteiger partial charge in [-0.05, 0) is 53.5 Å². The van der Waals surface area contributed by atoms with E-state index in [4.69, 9.17) is 9.47 Å². The van der Waals surface area contributed by atoms with Crippen molar-refractivity contribution >= 4 is 0 Å². The van der Waals surface area contributed by atoms with E-state index in [9.17, 15) is 0 Å². The molecule has 0 amide bonds. The van der Waals surface area contributed by atoms with Crippen LogP contribution in [0.1, 0.15) is 47.0 Å². The lowest BCUT2D eigenvalue weighted by molar-refractivity contribution is -0.105. The summed E-state index contributed by atoms with van der Waals surface area (Å²) >= 11 is 0. The summed E-state index contributed by atoms with van der Waals surface area (Å²) in [7, 11) is 0. The number of likely N-dealkylation sites (tertiary alicyclic amines) is 1. The van der Waals surface area contributed by atoms with Gasteiger partial charge in [-0.15, -0.1) is 0 Å². The highest BCUT2D eigenvalue weighted by Gasteiger charge is 2.47. The van der Waals surface area contributed by atoms with Crippen LogP contribution in [0.25, 0.3) is 0 Å². The van der Waals surface area contributed by atoms with E-state index < -0.39 is 0 Å². The van der Waals surface area contributed by atoms with Crippen molar-refractivity contribution in [3.05, 3.63) is 0 Å². The van der Waals surface area contributed by atoms with Gasteiger partial charge in [-0.2, -0.15) is 0 Å². The Morgan fingerprint density at radius 2 is 1.45 bits per heavy atom. The SMILES string of the molecule is CC(C)N1CCC2(COC2)C1.CC(C)N1CCOC2(CC2)C1. The van der Waals surface area contributed by atoms with Crippen LogP contribution in [0.3, 0.4) is 0 Å². The molecule has 0 N–H and O–H groups in total. The topological polar surface area (TPSA) is 24.9 Å². The predicted molar refractivity (Wildman–Crippen MR) is 89.2 cm³/mol. The minimum atomic E-state index is 0.308. The van der Waals surface area contributed by atoms with Crippen LogP contribution in [-0.2, 0) is 9.47 Å². The van der Waals surface area contributed by atoms with E-state index in [1.807, 2.05) is 0 Å². The first-order valence-corrected chi connectivity index (χ1v) is 9.14. The summed E-state index contributed by atoms with van der Waals surface area (Å²) in [6.07, 6.45) is 3.93. The minimum absolute atomic E-state index is 0.308. The Hall–Kier alpha value is -0.160. The summed E-state index contributed by atoms with van der Waals surface area (Å²) in [4.78, 5) is 5.08. The third kappa shape index (κ3) is 3.66. The zero-order valence-corrected chi connectivity index (χ0v) is 14.9. The maximum absolute atomic E-state index is 5.72. The lowest BCUT2D eigenvalue weighted by Crippen LogP contribution is -2.46. The van der Waals surface area contributed by atoms with Gasteiger partial charge in [-0.3, -0.25) is 4.90 Å². The molecule has 0 aromatic rings. The predicted octanol–water partition coefficient (Wildman–Crippen LogP) is 2.38. The van der Waals surface area contributed by atoms with Crippen LogP contribution in [0, 0.1) is 5.41 Å². The van der Waals surface area contributed by atoms with Crippen LogP contribution < -0.4 is 0 Å². The molecule has 4 nitrogen and oxygen atoms in total. The van der Waals surface area contributed by atoms with Crippen molar-refractivity contribution in [2.45, 2.75) is 64.6 Å². The van der Waals surface area contributed by atoms with E-state index in [1.54, 1.807) is 0 Å². The molecule has 22 heavy (non-hydrogen) atoms. The van der Waals surface area contributed by atoms with Crippen molar-refractivity contribution in [2.75, 3.05) is 46.0 Å². The van der Waals surface area contributed by atoms with Gasteiger partial charge in [0.1, 0.15) is 0 Å². The van der Waals surface area contributed by atoms with Gasteiger partial charge in [-0.25, -0.2) is 0 Å². The Morgan fingerprint density at radius 1 is 0.818 bits per heavy atom. The summed E-state index contributed by atoms with van der Waals surface area (Å²) in [6.45, 7) is 16.9. The number of ether oxygens (including phenoxy) is 2. The van der Waals surface area contributed by atoms with Gasteiger partial charge in [0.25, 0.3) is 0 Å². The fourth-order valence-electron chi connectivity index (χ4n) is 3.79. The van der Waals surface area contributed by atoms with Crippen molar-refractivity contribution < 1.29 is 9.47 Å². The van der Waals surface area contributed by atoms with E-state index >= 15 is 0 Å². The first-order valence-electron chi connectivity index (χ1n) is 9.14. The molecule has 0 radical (unpaired) electrons. The summed E-state index contributed by atoms with van der Waals surface area (Å²) in [5, 5.41) is 0. The van der Waals surface area contributed by atoms with Gasteiger partial charge < -0.3 is 14.4 Å². The average Bonchev–Trinajstić information content (AvgIpc) is 3.03. The second-order valence-electron chi connectivity index (χ2n) is 8.40. The van der Waals surface area contributed by atoms with Gasteiger partial charge >= 0.3 is 0 Å². The van der Waals surface area contributed by atoms with Crippen molar-refractivity contribution in [3.8, 4) is 0 Å². The molecular weight excluding hydrogens is 276 g/mol. The third-order valence-electron chi connectivity index (χ3n) is 5.83. The van der Waals surface area contributed by atoms with Crippen LogP contribution >= 0.6 is 0 Å². The Kier molecular flexibility index (Phi) is 4.84. The zero-order chi connectivity index (χ0) is 15.8. The lowest BCUT2D eigenvalue weighted by atomic mass is 9.85. The van der Waals surface area contributed by atoms with Crippen molar-refractivity contribution in [3.63, 3.8) is 0 Å². The second kappa shape index (κ2) is 6.39. The van der Waals surface area contributed by atoms with E-state index in [0.29, 0.717) is 17.1 Å². The summed E-state index contributed by atoms with van der Waals surface area (Å²) in [5.74, 6) is 0. The molecule has 0 unspecified atom stereocenters. The Bertz CT molecular complexity index is 375. The summed E-state index contributed by atoms with van der Waals surface area (Å²) < 4.78 is 11.0. The van der Waals surface area contributed by atoms with Gasteiger partial charge in [0.15, 0.2) is 0 Å². The van der Waals surface area contributed by atoms with Crippen LogP contribution in [0.2, 0.25) is 0 Å². The minimum Gasteiger partial charge on any atom is -0.380 e. The molecule has 0 atom stereocenters. The molecule has 128 valence electrons. The first-order chi connectivity index (χ1) is 10.4. The Morgan fingerprint density at radius 3 is 1.86 bits per heavy atom. The Balaban J connectivity index is 0.000000131. The fraction of sp³-hybridized carbons (Fsp3) is 1.00. The number of morpholine rings is 1. The van der Waals surface area contributed by atoms with E-state index in [-0.39, 0.29) is 0 Å². The van der Waals surface area contributed by atoms with Gasteiger partial charge in [-0.1, -0.05) is 0 Å². The van der Waals surface area contributed by atoms with Crippen molar-refractivity contribution in [1.82, 2.24) is 9.80 Å². The van der Waals surface area contributed by atoms with E-state index in [2.05, 4.69) is 37.5 Å². The van der Waals surface area contributed by atoms with Gasteiger partial charge in [0, 0.05) is 37.1 Å². The van der Waals surface area contributed by atoms with Crippen molar-refractivity contribution in [1.29, 1.82) is 0 Å². The maximum Gasteiger partial charge on any atom is 0.0811 e. The molecule has 3 saturated heterocycles. The molecule has 3 aliphatic heterocycles. The molecular formula is C18H34N2O2. The first kappa shape index (κ1) is 16.7. The highest BCUT2D eigenvalue weighted by atomic mass is 16.5. The molecule has 1 saturated carbocycles. The second-order valence-corrected chi connectivity index (χ2v) is 8.40. The number of hydrogen-bond acceptors (Lipinski definition) is 4. The molecule has 4 heteroatoms. The standard InChI is InChI=1S/2C9H17NO/c1-8(2)10-4-3-9(5-10)6-11-7-9;1-8(2)10-5-6-11-9(7-10)3-4-9/h2*8H,3-7H2,1-2H3. The molecule has 1 aliphatic carbocycles. The van der Waals surface area contributed by atoms with Crippen LogP contribution in [0.4, 0.5) is 0 Å².